The van der Waals surface area contributed by atoms with Crippen LogP contribution in [0.4, 0.5) is 5.95 Å². The van der Waals surface area contributed by atoms with Crippen LogP contribution in [-0.4, -0.2) is 22.6 Å². The largest absolute Gasteiger partial charge is 0.497 e. The van der Waals surface area contributed by atoms with Crippen LogP contribution < -0.4 is 15.7 Å². The SMILES string of the molecule is CCn1c(NC(=O)c2cc(=O)oc3cc(OC)ccc23)nc2ccccc21. The van der Waals surface area contributed by atoms with E-state index in [9.17, 15) is 9.59 Å². The van der Waals surface area contributed by atoms with Gasteiger partial charge in [0.25, 0.3) is 5.91 Å². The maximum atomic E-state index is 12.9. The standard InChI is InChI=1S/C20H17N3O4/c1-3-23-16-7-5-4-6-15(16)21-20(23)22-19(25)14-11-18(24)27-17-10-12(26-2)8-9-13(14)17/h4-11H,3H2,1-2H3,(H,21,22,25). The summed E-state index contributed by atoms with van der Waals surface area (Å²) in [5, 5.41) is 3.34. The van der Waals surface area contributed by atoms with Crippen molar-refractivity contribution in [3.8, 4) is 5.75 Å². The van der Waals surface area contributed by atoms with Crippen LogP contribution in [0.3, 0.4) is 0 Å². The lowest BCUT2D eigenvalue weighted by molar-refractivity contribution is 0.102. The lowest BCUT2D eigenvalue weighted by Gasteiger charge is -2.09. The summed E-state index contributed by atoms with van der Waals surface area (Å²) in [6.45, 7) is 2.62. The summed E-state index contributed by atoms with van der Waals surface area (Å²) in [6, 6.07) is 13.8. The zero-order chi connectivity index (χ0) is 19.0. The van der Waals surface area contributed by atoms with Crippen LogP contribution in [0.5, 0.6) is 5.75 Å². The lowest BCUT2D eigenvalue weighted by Crippen LogP contribution is -2.18. The highest BCUT2D eigenvalue weighted by atomic mass is 16.5. The minimum Gasteiger partial charge on any atom is -0.497 e. The molecule has 0 bridgehead atoms. The molecule has 27 heavy (non-hydrogen) atoms. The van der Waals surface area contributed by atoms with Gasteiger partial charge < -0.3 is 13.7 Å². The average molecular weight is 363 g/mol. The summed E-state index contributed by atoms with van der Waals surface area (Å²) in [5.41, 5.74) is 1.62. The van der Waals surface area contributed by atoms with Crippen molar-refractivity contribution in [2.75, 3.05) is 12.4 Å². The van der Waals surface area contributed by atoms with Crippen LogP contribution in [-0.2, 0) is 6.54 Å². The van der Waals surface area contributed by atoms with E-state index in [1.807, 2.05) is 35.8 Å². The van der Waals surface area contributed by atoms with Crippen molar-refractivity contribution in [2.45, 2.75) is 13.5 Å². The van der Waals surface area contributed by atoms with E-state index in [-0.39, 0.29) is 11.1 Å². The Morgan fingerprint density at radius 2 is 2.04 bits per heavy atom. The lowest BCUT2D eigenvalue weighted by atomic mass is 10.1. The molecule has 7 nitrogen and oxygen atoms in total. The second-order valence-corrected chi connectivity index (χ2v) is 5.96. The van der Waals surface area contributed by atoms with Crippen LogP contribution in [0.15, 0.2) is 57.7 Å². The number of benzene rings is 2. The Hall–Kier alpha value is -3.61. The molecule has 7 heteroatoms. The number of nitrogens with one attached hydrogen (secondary N) is 1. The third kappa shape index (κ3) is 2.93. The molecule has 0 fully saturated rings. The number of imidazole rings is 1. The first kappa shape index (κ1) is 16.8. The van der Waals surface area contributed by atoms with Crippen LogP contribution >= 0.6 is 0 Å². The van der Waals surface area contributed by atoms with E-state index in [0.29, 0.717) is 23.6 Å². The predicted octanol–water partition coefficient (Wildman–Crippen LogP) is 3.42. The van der Waals surface area contributed by atoms with Crippen LogP contribution in [0.25, 0.3) is 22.0 Å². The summed E-state index contributed by atoms with van der Waals surface area (Å²) < 4.78 is 12.3. The number of nitrogens with zero attached hydrogens (tertiary/aromatic N) is 2. The number of para-hydroxylation sites is 2. The van der Waals surface area contributed by atoms with Gasteiger partial charge >= 0.3 is 5.63 Å². The summed E-state index contributed by atoms with van der Waals surface area (Å²) >= 11 is 0. The minimum atomic E-state index is -0.607. The molecule has 1 amide bonds. The van der Waals surface area contributed by atoms with Gasteiger partial charge in [-0.05, 0) is 31.2 Å². The van der Waals surface area contributed by atoms with Gasteiger partial charge in [-0.1, -0.05) is 12.1 Å². The molecule has 0 aliphatic heterocycles. The van der Waals surface area contributed by atoms with E-state index in [0.717, 1.165) is 11.0 Å². The number of rotatable bonds is 4. The predicted molar refractivity (Wildman–Crippen MR) is 102 cm³/mol. The Morgan fingerprint density at radius 3 is 2.81 bits per heavy atom. The number of aromatic nitrogens is 2. The van der Waals surface area contributed by atoms with Crippen molar-refractivity contribution in [1.29, 1.82) is 0 Å². The maximum absolute atomic E-state index is 12.9. The van der Waals surface area contributed by atoms with Gasteiger partial charge in [-0.2, -0.15) is 0 Å². The van der Waals surface area contributed by atoms with E-state index in [1.165, 1.54) is 13.2 Å². The molecule has 0 aliphatic carbocycles. The number of hydrogen-bond donors (Lipinski definition) is 1. The fourth-order valence-corrected chi connectivity index (χ4v) is 3.12. The van der Waals surface area contributed by atoms with Gasteiger partial charge in [0, 0.05) is 24.1 Å². The summed E-state index contributed by atoms with van der Waals surface area (Å²) in [7, 11) is 1.52. The normalized spacial score (nSPS) is 11.0. The molecule has 0 unspecified atom stereocenters. The summed E-state index contributed by atoms with van der Waals surface area (Å²) in [4.78, 5) is 29.3. The van der Waals surface area contributed by atoms with Crippen LogP contribution in [0.1, 0.15) is 17.3 Å². The molecule has 0 radical (unpaired) electrons. The topological polar surface area (TPSA) is 86.4 Å². The van der Waals surface area contributed by atoms with E-state index in [4.69, 9.17) is 9.15 Å². The number of carbonyl (C=O) groups excluding carboxylic acids is 1. The van der Waals surface area contributed by atoms with Gasteiger partial charge in [0.15, 0.2) is 0 Å². The minimum absolute atomic E-state index is 0.221. The number of amides is 1. The van der Waals surface area contributed by atoms with Gasteiger partial charge in [0.05, 0.1) is 23.7 Å². The molecule has 0 atom stereocenters. The summed E-state index contributed by atoms with van der Waals surface area (Å²) in [5.74, 6) is 0.539. The van der Waals surface area contributed by atoms with Crippen molar-refractivity contribution >= 4 is 33.9 Å². The zero-order valence-corrected chi connectivity index (χ0v) is 14.9. The number of carbonyl (C=O) groups is 1. The number of hydrogen-bond acceptors (Lipinski definition) is 5. The number of aryl methyl sites for hydroxylation is 1. The second-order valence-electron chi connectivity index (χ2n) is 5.96. The Balaban J connectivity index is 1.79. The number of anilines is 1. The Bertz CT molecular complexity index is 1220. The first-order valence-electron chi connectivity index (χ1n) is 8.49. The Labute approximate surface area is 154 Å². The van der Waals surface area contributed by atoms with Gasteiger partial charge in [0.2, 0.25) is 5.95 Å². The average Bonchev–Trinajstić information content (AvgIpc) is 3.03. The number of ether oxygens (including phenoxy) is 1. The zero-order valence-electron chi connectivity index (χ0n) is 14.9. The van der Waals surface area contributed by atoms with Crippen molar-refractivity contribution in [2.24, 2.45) is 0 Å². The number of fused-ring (bicyclic) bond motifs is 2. The first-order valence-corrected chi connectivity index (χ1v) is 8.49. The second kappa shape index (κ2) is 6.60. The molecule has 0 saturated carbocycles. The van der Waals surface area contributed by atoms with Crippen LogP contribution in [0.2, 0.25) is 0 Å². The van der Waals surface area contributed by atoms with E-state index >= 15 is 0 Å². The van der Waals surface area contributed by atoms with Crippen molar-refractivity contribution in [3.05, 3.63) is 64.5 Å². The first-order chi connectivity index (χ1) is 13.1. The monoisotopic (exact) mass is 363 g/mol. The molecule has 2 heterocycles. The van der Waals surface area contributed by atoms with Crippen molar-refractivity contribution < 1.29 is 13.9 Å². The molecular formula is C20H17N3O4. The summed E-state index contributed by atoms with van der Waals surface area (Å²) in [6.07, 6.45) is 0. The van der Waals surface area contributed by atoms with E-state index in [1.54, 1.807) is 18.2 Å². The highest BCUT2D eigenvalue weighted by Gasteiger charge is 2.17. The molecule has 0 spiro atoms. The maximum Gasteiger partial charge on any atom is 0.337 e. The van der Waals surface area contributed by atoms with Gasteiger partial charge in [-0.15, -0.1) is 0 Å². The van der Waals surface area contributed by atoms with Crippen molar-refractivity contribution in [3.63, 3.8) is 0 Å². The van der Waals surface area contributed by atoms with E-state index in [2.05, 4.69) is 10.3 Å². The molecule has 0 aliphatic rings. The van der Waals surface area contributed by atoms with Gasteiger partial charge in [-0.25, -0.2) is 9.78 Å². The molecule has 2 aromatic carbocycles. The van der Waals surface area contributed by atoms with E-state index < -0.39 is 11.5 Å². The van der Waals surface area contributed by atoms with Crippen molar-refractivity contribution in [1.82, 2.24) is 9.55 Å². The molecular weight excluding hydrogens is 346 g/mol. The fourth-order valence-electron chi connectivity index (χ4n) is 3.12. The Morgan fingerprint density at radius 1 is 1.22 bits per heavy atom. The quantitative estimate of drug-likeness (QED) is 0.562. The molecule has 2 aromatic heterocycles. The highest BCUT2D eigenvalue weighted by Crippen LogP contribution is 2.24. The smallest absolute Gasteiger partial charge is 0.337 e. The third-order valence-electron chi connectivity index (χ3n) is 4.39. The van der Waals surface area contributed by atoms with Gasteiger partial charge in [0.1, 0.15) is 11.3 Å². The Kier molecular flexibility index (Phi) is 4.12. The third-order valence-corrected chi connectivity index (χ3v) is 4.39. The van der Waals surface area contributed by atoms with Crippen LogP contribution in [0, 0.1) is 0 Å². The fraction of sp³-hybridized carbons (Fsp3) is 0.150. The molecule has 136 valence electrons. The molecule has 1 N–H and O–H groups in total. The number of methoxy groups -OCH3 is 1. The highest BCUT2D eigenvalue weighted by molar-refractivity contribution is 6.11. The molecule has 4 rings (SSSR count). The molecule has 4 aromatic rings. The molecule has 0 saturated heterocycles. The van der Waals surface area contributed by atoms with Gasteiger partial charge in [-0.3, -0.25) is 10.1 Å².